The average Bonchev–Trinajstić information content (AvgIpc) is 2.26. The molecule has 0 atom stereocenters. The first-order valence-electron chi connectivity index (χ1n) is 5.72. The summed E-state index contributed by atoms with van der Waals surface area (Å²) in [6.45, 7) is 3.53. The molecule has 112 valence electrons. The highest BCUT2D eigenvalue weighted by atomic mass is 79.9. The van der Waals surface area contributed by atoms with E-state index in [1.807, 2.05) is 0 Å². The van der Waals surface area contributed by atoms with Crippen LogP contribution in [0.2, 0.25) is 5.02 Å². The third-order valence-corrected chi connectivity index (χ3v) is 4.49. The van der Waals surface area contributed by atoms with Crippen LogP contribution in [0.1, 0.15) is 24.2 Å². The molecule has 20 heavy (non-hydrogen) atoms. The Hall–Kier alpha value is -0.630. The number of hydrogen-bond acceptors (Lipinski definition) is 3. The predicted octanol–water partition coefficient (Wildman–Crippen LogP) is 2.16. The Morgan fingerprint density at radius 3 is 2.50 bits per heavy atom. The highest BCUT2D eigenvalue weighted by molar-refractivity contribution is 9.10. The van der Waals surface area contributed by atoms with Gasteiger partial charge in [0.1, 0.15) is 0 Å². The molecule has 0 spiro atoms. The van der Waals surface area contributed by atoms with E-state index >= 15 is 0 Å². The van der Waals surface area contributed by atoms with Gasteiger partial charge in [0.15, 0.2) is 0 Å². The zero-order valence-corrected chi connectivity index (χ0v) is 14.5. The number of hydrogen-bond donors (Lipinski definition) is 2. The molecule has 1 rings (SSSR count). The smallest absolute Gasteiger partial charge is 0.251 e. The van der Waals surface area contributed by atoms with E-state index in [1.165, 1.54) is 6.07 Å². The maximum absolute atomic E-state index is 12.0. The van der Waals surface area contributed by atoms with Crippen molar-refractivity contribution in [3.05, 3.63) is 33.3 Å². The maximum atomic E-state index is 12.0. The van der Waals surface area contributed by atoms with Crippen molar-refractivity contribution >= 4 is 43.5 Å². The molecule has 0 bridgehead atoms. The molecule has 0 fully saturated rings. The minimum atomic E-state index is -3.34. The lowest BCUT2D eigenvalue weighted by atomic mass is 10.1. The molecule has 0 aliphatic heterocycles. The van der Waals surface area contributed by atoms with Crippen LogP contribution >= 0.6 is 27.5 Å². The second kappa shape index (κ2) is 6.43. The molecule has 0 aromatic heterocycles. The first-order valence-corrected chi connectivity index (χ1v) is 8.79. The molecule has 0 saturated carbocycles. The summed E-state index contributed by atoms with van der Waals surface area (Å²) in [6.07, 6.45) is 1.07. The van der Waals surface area contributed by atoms with Crippen molar-refractivity contribution < 1.29 is 13.2 Å². The lowest BCUT2D eigenvalue weighted by Gasteiger charge is -2.25. The molecular formula is C12H16BrClN2O3S. The minimum Gasteiger partial charge on any atom is -0.350 e. The first kappa shape index (κ1) is 17.4. The average molecular weight is 384 g/mol. The summed E-state index contributed by atoms with van der Waals surface area (Å²) in [4.78, 5) is 12.0. The number of sulfonamides is 1. The van der Waals surface area contributed by atoms with Crippen molar-refractivity contribution in [1.29, 1.82) is 0 Å². The lowest BCUT2D eigenvalue weighted by molar-refractivity contribution is 0.0944. The first-order chi connectivity index (χ1) is 9.00. The molecule has 0 aliphatic carbocycles. The topological polar surface area (TPSA) is 75.3 Å². The van der Waals surface area contributed by atoms with Gasteiger partial charge in [-0.05, 0) is 48.0 Å². The van der Waals surface area contributed by atoms with Crippen LogP contribution in [0.25, 0.3) is 0 Å². The van der Waals surface area contributed by atoms with Crippen LogP contribution in [0.15, 0.2) is 22.7 Å². The number of amides is 1. The fraction of sp³-hybridized carbons (Fsp3) is 0.417. The molecular weight excluding hydrogens is 368 g/mol. The SMILES string of the molecule is CC(C)(CNC(=O)c1ccc(Br)c(Cl)c1)NS(C)(=O)=O. The van der Waals surface area contributed by atoms with E-state index in [2.05, 4.69) is 26.0 Å². The molecule has 1 aromatic carbocycles. The van der Waals surface area contributed by atoms with Crippen molar-refractivity contribution in [1.82, 2.24) is 10.0 Å². The largest absolute Gasteiger partial charge is 0.350 e. The molecule has 0 saturated heterocycles. The van der Waals surface area contributed by atoms with Crippen molar-refractivity contribution in [2.24, 2.45) is 0 Å². The standard InChI is InChI=1S/C12H16BrClN2O3S/c1-12(2,16-20(3,18)19)7-15-11(17)8-4-5-9(13)10(14)6-8/h4-6,16H,7H2,1-3H3,(H,15,17). The van der Waals surface area contributed by atoms with Gasteiger partial charge in [0, 0.05) is 22.1 Å². The van der Waals surface area contributed by atoms with Crippen LogP contribution < -0.4 is 10.0 Å². The van der Waals surface area contributed by atoms with Gasteiger partial charge in [0.05, 0.1) is 11.3 Å². The summed E-state index contributed by atoms with van der Waals surface area (Å²) in [7, 11) is -3.34. The summed E-state index contributed by atoms with van der Waals surface area (Å²) in [5.74, 6) is -0.317. The van der Waals surface area contributed by atoms with Crippen LogP contribution in [-0.4, -0.2) is 32.7 Å². The van der Waals surface area contributed by atoms with E-state index in [4.69, 9.17) is 11.6 Å². The van der Waals surface area contributed by atoms with E-state index in [1.54, 1.807) is 26.0 Å². The van der Waals surface area contributed by atoms with Crippen molar-refractivity contribution in [3.8, 4) is 0 Å². The Morgan fingerprint density at radius 2 is 2.00 bits per heavy atom. The fourth-order valence-electron chi connectivity index (χ4n) is 1.58. The summed E-state index contributed by atoms with van der Waals surface area (Å²) in [6, 6.07) is 4.84. The van der Waals surface area contributed by atoms with Gasteiger partial charge in [-0.3, -0.25) is 4.79 Å². The minimum absolute atomic E-state index is 0.159. The molecule has 5 nitrogen and oxygen atoms in total. The lowest BCUT2D eigenvalue weighted by Crippen LogP contribution is -2.51. The maximum Gasteiger partial charge on any atom is 0.251 e. The van der Waals surface area contributed by atoms with Gasteiger partial charge in [-0.1, -0.05) is 11.6 Å². The Balaban J connectivity index is 2.69. The Labute approximate surface area is 132 Å². The van der Waals surface area contributed by atoms with E-state index in [-0.39, 0.29) is 12.5 Å². The summed E-state index contributed by atoms with van der Waals surface area (Å²) < 4.78 is 25.5. The third-order valence-electron chi connectivity index (χ3n) is 2.33. The summed E-state index contributed by atoms with van der Waals surface area (Å²) in [5.41, 5.74) is -0.365. The van der Waals surface area contributed by atoms with Gasteiger partial charge < -0.3 is 5.32 Å². The Morgan fingerprint density at radius 1 is 1.40 bits per heavy atom. The van der Waals surface area contributed by atoms with Gasteiger partial charge in [0.2, 0.25) is 10.0 Å². The van der Waals surface area contributed by atoms with E-state index in [9.17, 15) is 13.2 Å². The summed E-state index contributed by atoms with van der Waals surface area (Å²) in [5, 5.41) is 3.10. The van der Waals surface area contributed by atoms with Crippen LogP contribution in [0.3, 0.4) is 0 Å². The number of nitrogens with one attached hydrogen (secondary N) is 2. The number of rotatable bonds is 5. The van der Waals surface area contributed by atoms with Crippen LogP contribution in [0.4, 0.5) is 0 Å². The van der Waals surface area contributed by atoms with Crippen molar-refractivity contribution in [3.63, 3.8) is 0 Å². The second-order valence-corrected chi connectivity index (χ2v) is 8.08. The molecule has 1 aromatic rings. The van der Waals surface area contributed by atoms with Gasteiger partial charge in [0.25, 0.3) is 5.91 Å². The monoisotopic (exact) mass is 382 g/mol. The van der Waals surface area contributed by atoms with E-state index in [0.29, 0.717) is 15.1 Å². The zero-order chi connectivity index (χ0) is 15.6. The third kappa shape index (κ3) is 5.78. The quantitative estimate of drug-likeness (QED) is 0.818. The Bertz CT molecular complexity index is 617. The fourth-order valence-corrected chi connectivity index (χ4v) is 3.08. The predicted molar refractivity (Wildman–Crippen MR) is 83.5 cm³/mol. The van der Waals surface area contributed by atoms with Gasteiger partial charge in [-0.15, -0.1) is 0 Å². The molecule has 8 heteroatoms. The Kier molecular flexibility index (Phi) is 5.60. The number of benzene rings is 1. The van der Waals surface area contributed by atoms with E-state index < -0.39 is 15.6 Å². The highest BCUT2D eigenvalue weighted by Crippen LogP contribution is 2.23. The normalized spacial score (nSPS) is 12.2. The molecule has 2 N–H and O–H groups in total. The summed E-state index contributed by atoms with van der Waals surface area (Å²) >= 11 is 9.16. The molecule has 0 radical (unpaired) electrons. The van der Waals surface area contributed by atoms with Gasteiger partial charge in [-0.2, -0.15) is 0 Å². The van der Waals surface area contributed by atoms with Crippen LogP contribution in [-0.2, 0) is 10.0 Å². The van der Waals surface area contributed by atoms with Crippen molar-refractivity contribution in [2.45, 2.75) is 19.4 Å². The zero-order valence-electron chi connectivity index (χ0n) is 11.3. The molecule has 1 amide bonds. The molecule has 0 heterocycles. The molecule has 0 unspecified atom stereocenters. The highest BCUT2D eigenvalue weighted by Gasteiger charge is 2.23. The number of carbonyl (C=O) groups excluding carboxylic acids is 1. The van der Waals surface area contributed by atoms with E-state index in [0.717, 1.165) is 6.26 Å². The van der Waals surface area contributed by atoms with Gasteiger partial charge >= 0.3 is 0 Å². The van der Waals surface area contributed by atoms with Crippen LogP contribution in [0, 0.1) is 0 Å². The number of carbonyl (C=O) groups is 1. The molecule has 0 aliphatic rings. The number of halogens is 2. The van der Waals surface area contributed by atoms with Gasteiger partial charge in [-0.25, -0.2) is 13.1 Å². The van der Waals surface area contributed by atoms with Crippen molar-refractivity contribution in [2.75, 3.05) is 12.8 Å². The second-order valence-electron chi connectivity index (χ2n) is 5.07. The van der Waals surface area contributed by atoms with Crippen LogP contribution in [0.5, 0.6) is 0 Å².